The van der Waals surface area contributed by atoms with Crippen molar-refractivity contribution in [2.45, 2.75) is 19.5 Å². The number of nitrogen functional groups attached to an aromatic ring is 1. The summed E-state index contributed by atoms with van der Waals surface area (Å²) in [5, 5.41) is 0. The number of benzene rings is 2. The van der Waals surface area contributed by atoms with Crippen LogP contribution in [0.25, 0.3) is 0 Å². The Balaban J connectivity index is 1.42. The van der Waals surface area contributed by atoms with Gasteiger partial charge in [-0.15, -0.1) is 0 Å². The standard InChI is InChI=1S/C26H25F3N6O4/c1-2-16-13-18(4-6-21(16)39-22-7-8-31-24(30)32-22)35-23(36)15-34(25(35)37)17-3-5-20(19(14-17)26(27,28)29)33-9-11-38-12-10-33/h3-8,13-14H,2,9-12,15H2,1H3,(H2,30,31,32). The number of carbonyl (C=O) groups is 2. The topological polar surface area (TPSA) is 114 Å². The number of aryl methyl sites for hydroxylation is 1. The van der Waals surface area contributed by atoms with Gasteiger partial charge in [0.15, 0.2) is 0 Å². The number of hydrogen-bond acceptors (Lipinski definition) is 8. The SMILES string of the molecule is CCc1cc(N2C(=O)CN(c3ccc(N4CCOCC4)c(C(F)(F)F)c3)C2=O)ccc1Oc1ccnc(N)n1. The van der Waals surface area contributed by atoms with Crippen molar-refractivity contribution >= 4 is 34.9 Å². The first-order chi connectivity index (χ1) is 18.7. The molecule has 2 aliphatic rings. The molecule has 3 heterocycles. The van der Waals surface area contributed by atoms with Gasteiger partial charge in [0.25, 0.3) is 5.91 Å². The van der Waals surface area contributed by atoms with Crippen LogP contribution in [0.3, 0.4) is 0 Å². The first kappa shape index (κ1) is 26.2. The van der Waals surface area contributed by atoms with Crippen molar-refractivity contribution in [3.05, 3.63) is 59.8 Å². The van der Waals surface area contributed by atoms with Crippen LogP contribution in [0.4, 0.5) is 41.0 Å². The summed E-state index contributed by atoms with van der Waals surface area (Å²) in [7, 11) is 0. The Hall–Kier alpha value is -4.39. The second kappa shape index (κ2) is 10.4. The van der Waals surface area contributed by atoms with Gasteiger partial charge in [0.1, 0.15) is 12.3 Å². The lowest BCUT2D eigenvalue weighted by Crippen LogP contribution is -2.37. The Bertz CT molecular complexity index is 1410. The molecule has 0 unspecified atom stereocenters. The molecular weight excluding hydrogens is 517 g/mol. The van der Waals surface area contributed by atoms with E-state index in [1.807, 2.05) is 6.92 Å². The lowest BCUT2D eigenvalue weighted by molar-refractivity contribution is -0.137. The third-order valence-corrected chi connectivity index (χ3v) is 6.46. The highest BCUT2D eigenvalue weighted by Crippen LogP contribution is 2.40. The molecule has 0 bridgehead atoms. The molecule has 0 radical (unpaired) electrons. The summed E-state index contributed by atoms with van der Waals surface area (Å²) in [4.78, 5) is 37.7. The number of amides is 3. The van der Waals surface area contributed by atoms with Crippen molar-refractivity contribution in [3.8, 4) is 11.6 Å². The number of nitrogens with zero attached hydrogens (tertiary/aromatic N) is 5. The van der Waals surface area contributed by atoms with E-state index in [1.54, 1.807) is 17.0 Å². The van der Waals surface area contributed by atoms with Crippen LogP contribution in [0.15, 0.2) is 48.7 Å². The number of halogens is 3. The Morgan fingerprint density at radius 3 is 2.49 bits per heavy atom. The number of anilines is 4. The van der Waals surface area contributed by atoms with Crippen LogP contribution in [-0.2, 0) is 22.1 Å². The maximum Gasteiger partial charge on any atom is 0.418 e. The predicted octanol–water partition coefficient (Wildman–Crippen LogP) is 4.24. The Morgan fingerprint density at radius 2 is 1.79 bits per heavy atom. The summed E-state index contributed by atoms with van der Waals surface area (Å²) in [5.41, 5.74) is 5.68. The molecule has 2 saturated heterocycles. The number of aromatic nitrogens is 2. The van der Waals surface area contributed by atoms with Crippen molar-refractivity contribution in [1.82, 2.24) is 9.97 Å². The molecule has 0 spiro atoms. The molecule has 2 aromatic carbocycles. The summed E-state index contributed by atoms with van der Waals surface area (Å²) >= 11 is 0. The first-order valence-electron chi connectivity index (χ1n) is 12.2. The number of nitrogens with two attached hydrogens (primary N) is 1. The number of rotatable bonds is 6. The third-order valence-electron chi connectivity index (χ3n) is 6.46. The van der Waals surface area contributed by atoms with E-state index >= 15 is 0 Å². The van der Waals surface area contributed by atoms with Gasteiger partial charge in [-0.25, -0.2) is 14.7 Å². The lowest BCUT2D eigenvalue weighted by atomic mass is 10.1. The van der Waals surface area contributed by atoms with E-state index in [1.165, 1.54) is 30.5 Å². The minimum atomic E-state index is -4.66. The zero-order valence-corrected chi connectivity index (χ0v) is 20.9. The maximum atomic E-state index is 14.0. The average Bonchev–Trinajstić information content (AvgIpc) is 3.22. The second-order valence-electron chi connectivity index (χ2n) is 8.90. The minimum Gasteiger partial charge on any atom is -0.439 e. The molecule has 2 N–H and O–H groups in total. The van der Waals surface area contributed by atoms with Crippen LogP contribution in [0.2, 0.25) is 0 Å². The summed E-state index contributed by atoms with van der Waals surface area (Å²) in [6.07, 6.45) is -2.70. The molecule has 39 heavy (non-hydrogen) atoms. The highest BCUT2D eigenvalue weighted by Gasteiger charge is 2.41. The summed E-state index contributed by atoms with van der Waals surface area (Å²) in [6.45, 7) is 2.76. The zero-order valence-electron chi connectivity index (χ0n) is 20.9. The molecule has 0 aliphatic carbocycles. The quantitative estimate of drug-likeness (QED) is 0.460. The Kier molecular flexibility index (Phi) is 7.00. The van der Waals surface area contributed by atoms with E-state index in [-0.39, 0.29) is 28.9 Å². The zero-order chi connectivity index (χ0) is 27.7. The maximum absolute atomic E-state index is 14.0. The van der Waals surface area contributed by atoms with Crippen LogP contribution in [0.5, 0.6) is 11.6 Å². The number of urea groups is 1. The molecule has 3 aromatic rings. The number of carbonyl (C=O) groups excluding carboxylic acids is 2. The molecule has 2 aliphatic heterocycles. The van der Waals surface area contributed by atoms with Gasteiger partial charge < -0.3 is 20.1 Å². The smallest absolute Gasteiger partial charge is 0.418 e. The molecule has 13 heteroatoms. The van der Waals surface area contributed by atoms with E-state index < -0.39 is 30.2 Å². The lowest BCUT2D eigenvalue weighted by Gasteiger charge is -2.31. The Labute approximate surface area is 221 Å². The molecule has 3 amide bonds. The van der Waals surface area contributed by atoms with Crippen molar-refractivity contribution in [3.63, 3.8) is 0 Å². The molecule has 2 fully saturated rings. The van der Waals surface area contributed by atoms with E-state index in [9.17, 15) is 22.8 Å². The number of hydrogen-bond donors (Lipinski definition) is 1. The highest BCUT2D eigenvalue weighted by atomic mass is 19.4. The van der Waals surface area contributed by atoms with E-state index in [2.05, 4.69) is 9.97 Å². The minimum absolute atomic E-state index is 0.0120. The molecule has 5 rings (SSSR count). The van der Waals surface area contributed by atoms with Crippen LogP contribution in [0.1, 0.15) is 18.1 Å². The normalized spacial score (nSPS) is 16.3. The van der Waals surface area contributed by atoms with E-state index in [0.717, 1.165) is 15.9 Å². The van der Waals surface area contributed by atoms with Crippen LogP contribution >= 0.6 is 0 Å². The van der Waals surface area contributed by atoms with Gasteiger partial charge in [-0.2, -0.15) is 18.2 Å². The van der Waals surface area contributed by atoms with Gasteiger partial charge in [0, 0.05) is 36.7 Å². The third kappa shape index (κ3) is 5.30. The van der Waals surface area contributed by atoms with E-state index in [0.29, 0.717) is 44.0 Å². The van der Waals surface area contributed by atoms with Crippen LogP contribution in [0, 0.1) is 0 Å². The molecule has 1 aromatic heterocycles. The molecule has 204 valence electrons. The van der Waals surface area contributed by atoms with Crippen molar-refractivity contribution in [2.75, 3.05) is 53.3 Å². The Morgan fingerprint density at radius 1 is 1.05 bits per heavy atom. The fourth-order valence-corrected chi connectivity index (χ4v) is 4.56. The fraction of sp³-hybridized carbons (Fsp3) is 0.308. The second-order valence-corrected chi connectivity index (χ2v) is 8.90. The average molecular weight is 543 g/mol. The molecule has 10 nitrogen and oxygen atoms in total. The van der Waals surface area contributed by atoms with Crippen molar-refractivity contribution in [2.24, 2.45) is 0 Å². The number of alkyl halides is 3. The summed E-state index contributed by atoms with van der Waals surface area (Å²) in [6, 6.07) is 9.22. The van der Waals surface area contributed by atoms with E-state index in [4.69, 9.17) is 15.2 Å². The van der Waals surface area contributed by atoms with Gasteiger partial charge >= 0.3 is 12.2 Å². The molecule has 0 saturated carbocycles. The monoisotopic (exact) mass is 542 g/mol. The summed E-state index contributed by atoms with van der Waals surface area (Å²) < 4.78 is 53.1. The first-order valence-corrected chi connectivity index (χ1v) is 12.2. The predicted molar refractivity (Wildman–Crippen MR) is 137 cm³/mol. The van der Waals surface area contributed by atoms with Gasteiger partial charge in [-0.05, 0) is 48.4 Å². The number of ether oxygens (including phenoxy) is 2. The van der Waals surface area contributed by atoms with Crippen molar-refractivity contribution in [1.29, 1.82) is 0 Å². The van der Waals surface area contributed by atoms with Crippen molar-refractivity contribution < 1.29 is 32.2 Å². The molecular formula is C26H25F3N6O4. The summed E-state index contributed by atoms with van der Waals surface area (Å²) in [5.74, 6) is 0.154. The van der Waals surface area contributed by atoms with Gasteiger partial charge in [-0.1, -0.05) is 6.92 Å². The fourth-order valence-electron chi connectivity index (χ4n) is 4.56. The van der Waals surface area contributed by atoms with Crippen LogP contribution < -0.4 is 25.2 Å². The highest BCUT2D eigenvalue weighted by molar-refractivity contribution is 6.27. The number of imide groups is 1. The van der Waals surface area contributed by atoms with Gasteiger partial charge in [0.05, 0.1) is 24.5 Å². The number of morpholine rings is 1. The van der Waals surface area contributed by atoms with Gasteiger partial charge in [0.2, 0.25) is 11.8 Å². The molecule has 0 atom stereocenters. The van der Waals surface area contributed by atoms with Gasteiger partial charge in [-0.3, -0.25) is 9.69 Å². The van der Waals surface area contributed by atoms with Crippen LogP contribution in [-0.4, -0.2) is 54.8 Å². The largest absolute Gasteiger partial charge is 0.439 e.